The molecule has 1 heterocycles. The zero-order valence-electron chi connectivity index (χ0n) is 17.9. The van der Waals surface area contributed by atoms with Crippen LogP contribution in [0.1, 0.15) is 5.56 Å². The van der Waals surface area contributed by atoms with Crippen molar-refractivity contribution in [3.63, 3.8) is 0 Å². The third kappa shape index (κ3) is 4.57. The van der Waals surface area contributed by atoms with Gasteiger partial charge in [0.1, 0.15) is 17.2 Å². The first kappa shape index (κ1) is 21.0. The highest BCUT2D eigenvalue weighted by Gasteiger charge is 2.15. The molecule has 4 rings (SSSR count). The Morgan fingerprint density at radius 3 is 2.47 bits per heavy atom. The lowest BCUT2D eigenvalue weighted by atomic mass is 10.0. The van der Waals surface area contributed by atoms with Crippen LogP contribution < -0.4 is 25.8 Å². The number of rotatable bonds is 7. The Morgan fingerprint density at radius 1 is 0.969 bits per heavy atom. The Kier molecular flexibility index (Phi) is 6.07. The maximum Gasteiger partial charge on any atom is 0.316 e. The lowest BCUT2D eigenvalue weighted by Gasteiger charge is -2.17. The van der Waals surface area contributed by atoms with Crippen LogP contribution in [0.2, 0.25) is 0 Å². The SMILES string of the molecule is COc1ccc(CNc2ccc(NC(N)=O)cc2-c2nc3ccccc3cc2OC)cc1. The van der Waals surface area contributed by atoms with Crippen molar-refractivity contribution in [1.29, 1.82) is 0 Å². The van der Waals surface area contributed by atoms with Crippen LogP contribution in [-0.2, 0) is 6.54 Å². The number of nitrogens with one attached hydrogen (secondary N) is 2. The molecule has 162 valence electrons. The quantitative estimate of drug-likeness (QED) is 0.384. The minimum atomic E-state index is -0.631. The number of para-hydroxylation sites is 1. The van der Waals surface area contributed by atoms with E-state index in [0.717, 1.165) is 33.5 Å². The molecule has 0 aliphatic heterocycles. The second-order valence-electron chi connectivity index (χ2n) is 7.18. The van der Waals surface area contributed by atoms with Gasteiger partial charge in [0.25, 0.3) is 0 Å². The molecule has 0 saturated carbocycles. The van der Waals surface area contributed by atoms with E-state index in [1.807, 2.05) is 66.7 Å². The van der Waals surface area contributed by atoms with E-state index in [1.165, 1.54) is 0 Å². The van der Waals surface area contributed by atoms with Gasteiger partial charge >= 0.3 is 6.03 Å². The molecule has 2 amide bonds. The minimum absolute atomic E-state index is 0.569. The largest absolute Gasteiger partial charge is 0.497 e. The summed E-state index contributed by atoms with van der Waals surface area (Å²) in [5.74, 6) is 1.44. The topological polar surface area (TPSA) is 98.5 Å². The number of benzene rings is 3. The molecule has 0 fully saturated rings. The average molecular weight is 428 g/mol. The fourth-order valence-corrected chi connectivity index (χ4v) is 3.50. The van der Waals surface area contributed by atoms with Crippen LogP contribution in [0.3, 0.4) is 0 Å². The Labute approximate surface area is 186 Å². The zero-order chi connectivity index (χ0) is 22.5. The van der Waals surface area contributed by atoms with Crippen molar-refractivity contribution < 1.29 is 14.3 Å². The molecule has 0 radical (unpaired) electrons. The fourth-order valence-electron chi connectivity index (χ4n) is 3.50. The number of ether oxygens (including phenoxy) is 2. The molecule has 0 spiro atoms. The highest BCUT2D eigenvalue weighted by molar-refractivity contribution is 5.92. The van der Waals surface area contributed by atoms with Gasteiger partial charge < -0.3 is 25.8 Å². The number of hydrogen-bond acceptors (Lipinski definition) is 5. The number of anilines is 2. The number of aromatic nitrogens is 1. The average Bonchev–Trinajstić information content (AvgIpc) is 2.82. The Morgan fingerprint density at radius 2 is 1.75 bits per heavy atom. The number of methoxy groups -OCH3 is 2. The van der Waals surface area contributed by atoms with Crippen molar-refractivity contribution in [2.75, 3.05) is 24.9 Å². The standard InChI is InChI=1S/C25H24N4O3/c1-31-19-10-7-16(8-11-19)15-27-22-12-9-18(28-25(26)30)14-20(22)24-23(32-2)13-17-5-3-4-6-21(17)29-24/h3-14,27H,15H2,1-2H3,(H3,26,28,30). The Balaban J connectivity index is 1.76. The summed E-state index contributed by atoms with van der Waals surface area (Å²) in [6.07, 6.45) is 0. The van der Waals surface area contributed by atoms with Gasteiger partial charge in [-0.3, -0.25) is 0 Å². The first-order chi connectivity index (χ1) is 15.6. The molecule has 0 aliphatic rings. The molecular formula is C25H24N4O3. The van der Waals surface area contributed by atoms with E-state index in [0.29, 0.717) is 23.7 Å². The van der Waals surface area contributed by atoms with Crippen LogP contribution in [-0.4, -0.2) is 25.2 Å². The van der Waals surface area contributed by atoms with Crippen LogP contribution in [0.4, 0.5) is 16.2 Å². The molecule has 7 heteroatoms. The normalized spacial score (nSPS) is 10.6. The van der Waals surface area contributed by atoms with Crippen LogP contribution >= 0.6 is 0 Å². The van der Waals surface area contributed by atoms with Crippen molar-refractivity contribution in [3.8, 4) is 22.8 Å². The smallest absolute Gasteiger partial charge is 0.316 e. The number of primary amides is 1. The van der Waals surface area contributed by atoms with E-state index in [2.05, 4.69) is 10.6 Å². The monoisotopic (exact) mass is 428 g/mol. The summed E-state index contributed by atoms with van der Waals surface area (Å²) in [5, 5.41) is 7.08. The fraction of sp³-hybridized carbons (Fsp3) is 0.120. The summed E-state index contributed by atoms with van der Waals surface area (Å²) >= 11 is 0. The molecule has 0 aliphatic carbocycles. The molecule has 3 aromatic carbocycles. The number of urea groups is 1. The third-order valence-electron chi connectivity index (χ3n) is 5.09. The van der Waals surface area contributed by atoms with Crippen LogP contribution in [0.5, 0.6) is 11.5 Å². The molecular weight excluding hydrogens is 404 g/mol. The van der Waals surface area contributed by atoms with Gasteiger partial charge in [-0.15, -0.1) is 0 Å². The lowest BCUT2D eigenvalue weighted by molar-refractivity contribution is 0.259. The maximum atomic E-state index is 11.4. The molecule has 7 nitrogen and oxygen atoms in total. The summed E-state index contributed by atoms with van der Waals surface area (Å²) < 4.78 is 10.9. The Bertz CT molecular complexity index is 1260. The predicted molar refractivity (Wildman–Crippen MR) is 127 cm³/mol. The molecule has 4 aromatic rings. The number of amides is 2. The van der Waals surface area contributed by atoms with Crippen molar-refractivity contribution in [2.45, 2.75) is 6.54 Å². The van der Waals surface area contributed by atoms with Gasteiger partial charge in [-0.05, 0) is 48.0 Å². The Hall–Kier alpha value is -4.26. The van der Waals surface area contributed by atoms with Gasteiger partial charge in [-0.2, -0.15) is 0 Å². The van der Waals surface area contributed by atoms with E-state index in [-0.39, 0.29) is 0 Å². The predicted octanol–water partition coefficient (Wildman–Crippen LogP) is 5.02. The number of nitrogens with two attached hydrogens (primary N) is 1. The van der Waals surface area contributed by atoms with Gasteiger partial charge in [0.05, 0.1) is 19.7 Å². The number of carbonyl (C=O) groups is 1. The van der Waals surface area contributed by atoms with Gasteiger partial charge in [-0.25, -0.2) is 9.78 Å². The second kappa shape index (κ2) is 9.26. The van der Waals surface area contributed by atoms with Gasteiger partial charge in [0, 0.05) is 28.9 Å². The number of nitrogens with zero attached hydrogens (tertiary/aromatic N) is 1. The summed E-state index contributed by atoms with van der Waals surface area (Å²) in [6.45, 7) is 0.593. The van der Waals surface area contributed by atoms with E-state index in [4.69, 9.17) is 20.2 Å². The highest BCUT2D eigenvalue weighted by atomic mass is 16.5. The van der Waals surface area contributed by atoms with E-state index in [9.17, 15) is 4.79 Å². The number of hydrogen-bond donors (Lipinski definition) is 3. The highest BCUT2D eigenvalue weighted by Crippen LogP contribution is 2.37. The molecule has 0 bridgehead atoms. The maximum absolute atomic E-state index is 11.4. The first-order valence-electron chi connectivity index (χ1n) is 10.1. The van der Waals surface area contributed by atoms with Crippen LogP contribution in [0.25, 0.3) is 22.2 Å². The number of pyridine rings is 1. The van der Waals surface area contributed by atoms with Crippen LogP contribution in [0, 0.1) is 0 Å². The summed E-state index contributed by atoms with van der Waals surface area (Å²) in [7, 11) is 3.26. The van der Waals surface area contributed by atoms with Gasteiger partial charge in [0.15, 0.2) is 0 Å². The number of carbonyl (C=O) groups excluding carboxylic acids is 1. The zero-order valence-corrected chi connectivity index (χ0v) is 17.9. The van der Waals surface area contributed by atoms with E-state index in [1.54, 1.807) is 20.3 Å². The van der Waals surface area contributed by atoms with E-state index >= 15 is 0 Å². The van der Waals surface area contributed by atoms with Gasteiger partial charge in [-0.1, -0.05) is 30.3 Å². The number of fused-ring (bicyclic) bond motifs is 1. The lowest BCUT2D eigenvalue weighted by Crippen LogP contribution is -2.19. The van der Waals surface area contributed by atoms with E-state index < -0.39 is 6.03 Å². The molecule has 1 aromatic heterocycles. The second-order valence-corrected chi connectivity index (χ2v) is 7.18. The summed E-state index contributed by atoms with van der Waals surface area (Å²) in [5.41, 5.74) is 10.1. The minimum Gasteiger partial charge on any atom is -0.497 e. The molecule has 0 unspecified atom stereocenters. The molecule has 0 atom stereocenters. The summed E-state index contributed by atoms with van der Waals surface area (Å²) in [6, 6.07) is 22.5. The van der Waals surface area contributed by atoms with Crippen molar-refractivity contribution in [2.24, 2.45) is 5.73 Å². The molecule has 0 saturated heterocycles. The summed E-state index contributed by atoms with van der Waals surface area (Å²) in [4.78, 5) is 16.3. The molecule has 32 heavy (non-hydrogen) atoms. The first-order valence-corrected chi connectivity index (χ1v) is 10.1. The van der Waals surface area contributed by atoms with Gasteiger partial charge in [0.2, 0.25) is 0 Å². The van der Waals surface area contributed by atoms with Crippen LogP contribution in [0.15, 0.2) is 72.8 Å². The van der Waals surface area contributed by atoms with Crippen molar-refractivity contribution >= 4 is 28.3 Å². The third-order valence-corrected chi connectivity index (χ3v) is 5.09. The van der Waals surface area contributed by atoms with Crippen molar-refractivity contribution in [3.05, 3.63) is 78.4 Å². The van der Waals surface area contributed by atoms with Crippen molar-refractivity contribution in [1.82, 2.24) is 4.98 Å². The molecule has 4 N–H and O–H groups in total.